The molecule has 0 atom stereocenters. The van der Waals surface area contributed by atoms with Crippen molar-refractivity contribution in [3.05, 3.63) is 64.6 Å². The Balaban J connectivity index is 1.86. The van der Waals surface area contributed by atoms with E-state index in [0.29, 0.717) is 5.69 Å². The van der Waals surface area contributed by atoms with Crippen LogP contribution in [0.2, 0.25) is 0 Å². The summed E-state index contributed by atoms with van der Waals surface area (Å²) in [4.78, 5) is 10.0. The van der Waals surface area contributed by atoms with Crippen LogP contribution in [0.3, 0.4) is 0 Å². The van der Waals surface area contributed by atoms with E-state index in [-0.39, 0.29) is 5.69 Å². The number of nitrogens with zero attached hydrogens (tertiary/aromatic N) is 2. The molecule has 0 spiro atoms. The topological polar surface area (TPSA) is 80.7 Å². The minimum Gasteiger partial charge on any atom is -0.465 e. The van der Waals surface area contributed by atoms with Gasteiger partial charge in [-0.05, 0) is 36.4 Å². The molecule has 0 aliphatic heterocycles. The molecule has 1 heterocycles. The Kier molecular flexibility index (Phi) is 4.07. The number of hydrogen-bond donors (Lipinski definition) is 1. The summed E-state index contributed by atoms with van der Waals surface area (Å²) in [7, 11) is 0. The van der Waals surface area contributed by atoms with Crippen LogP contribution in [-0.2, 0) is 0 Å². The van der Waals surface area contributed by atoms with Gasteiger partial charge in [0.2, 0.25) is 0 Å². The lowest BCUT2D eigenvalue weighted by Crippen LogP contribution is -1.90. The highest BCUT2D eigenvalue weighted by atomic mass is 16.6. The fourth-order valence-corrected chi connectivity index (χ4v) is 1.34. The highest BCUT2D eigenvalue weighted by Crippen LogP contribution is 2.15. The molecule has 1 aromatic carbocycles. The number of hydrogen-bond acceptors (Lipinski definition) is 5. The molecule has 0 fully saturated rings. The van der Waals surface area contributed by atoms with E-state index in [0.717, 1.165) is 5.76 Å². The van der Waals surface area contributed by atoms with Crippen LogP contribution >= 0.6 is 0 Å². The van der Waals surface area contributed by atoms with Crippen molar-refractivity contribution in [2.24, 2.45) is 5.10 Å². The fourth-order valence-electron chi connectivity index (χ4n) is 1.34. The lowest BCUT2D eigenvalue weighted by molar-refractivity contribution is -0.384. The molecule has 0 amide bonds. The van der Waals surface area contributed by atoms with E-state index in [2.05, 4.69) is 10.5 Å². The molecule has 0 radical (unpaired) electrons. The first-order valence-electron chi connectivity index (χ1n) is 5.49. The average molecular weight is 257 g/mol. The minimum atomic E-state index is -0.445. The molecule has 1 aromatic heterocycles. The molecule has 1 N–H and O–H groups in total. The molecule has 0 saturated carbocycles. The van der Waals surface area contributed by atoms with E-state index in [1.807, 2.05) is 6.07 Å². The highest BCUT2D eigenvalue weighted by Gasteiger charge is 2.02. The van der Waals surface area contributed by atoms with Crippen LogP contribution in [0, 0.1) is 10.1 Å². The zero-order chi connectivity index (χ0) is 13.5. The van der Waals surface area contributed by atoms with Gasteiger partial charge in [-0.3, -0.25) is 15.5 Å². The zero-order valence-electron chi connectivity index (χ0n) is 9.89. The number of benzene rings is 1. The second kappa shape index (κ2) is 6.15. The third kappa shape index (κ3) is 3.81. The van der Waals surface area contributed by atoms with E-state index in [4.69, 9.17) is 4.42 Å². The largest absolute Gasteiger partial charge is 0.465 e. The third-order valence-corrected chi connectivity index (χ3v) is 2.24. The quantitative estimate of drug-likeness (QED) is 0.506. The maximum Gasteiger partial charge on any atom is 0.269 e. The average Bonchev–Trinajstić information content (AvgIpc) is 2.92. The number of nitro groups is 1. The van der Waals surface area contributed by atoms with Crippen LogP contribution in [0.1, 0.15) is 5.76 Å². The number of furan rings is 1. The molecule has 2 aromatic rings. The summed E-state index contributed by atoms with van der Waals surface area (Å²) >= 11 is 0. The SMILES string of the molecule is O=[N+]([O-])c1ccc(NN=CC=Cc2ccco2)cc1. The molecule has 96 valence electrons. The highest BCUT2D eigenvalue weighted by molar-refractivity contribution is 5.78. The molecular formula is C13H11N3O3. The molecule has 6 nitrogen and oxygen atoms in total. The Bertz CT molecular complexity index is 586. The fraction of sp³-hybridized carbons (Fsp3) is 0. The minimum absolute atomic E-state index is 0.0484. The summed E-state index contributed by atoms with van der Waals surface area (Å²) < 4.78 is 5.10. The number of rotatable bonds is 5. The van der Waals surface area contributed by atoms with Crippen molar-refractivity contribution in [1.82, 2.24) is 0 Å². The molecule has 19 heavy (non-hydrogen) atoms. The number of nitro benzene ring substituents is 1. The molecule has 0 unspecified atom stereocenters. The Hall–Kier alpha value is -2.89. The van der Waals surface area contributed by atoms with Crippen molar-refractivity contribution in [2.45, 2.75) is 0 Å². The lowest BCUT2D eigenvalue weighted by Gasteiger charge is -1.97. The number of anilines is 1. The van der Waals surface area contributed by atoms with Crippen LogP contribution in [0.5, 0.6) is 0 Å². The van der Waals surface area contributed by atoms with Crippen molar-refractivity contribution < 1.29 is 9.34 Å². The van der Waals surface area contributed by atoms with Crippen molar-refractivity contribution in [1.29, 1.82) is 0 Å². The van der Waals surface area contributed by atoms with Crippen LogP contribution in [-0.4, -0.2) is 11.1 Å². The van der Waals surface area contributed by atoms with E-state index in [1.54, 1.807) is 42.8 Å². The molecule has 0 aliphatic rings. The van der Waals surface area contributed by atoms with E-state index in [9.17, 15) is 10.1 Å². The number of hydrazone groups is 1. The number of allylic oxidation sites excluding steroid dienone is 1. The van der Waals surface area contributed by atoms with E-state index < -0.39 is 4.92 Å². The van der Waals surface area contributed by atoms with Gasteiger partial charge in [0.1, 0.15) is 5.76 Å². The summed E-state index contributed by atoms with van der Waals surface area (Å²) in [5.41, 5.74) is 3.48. The lowest BCUT2D eigenvalue weighted by atomic mass is 10.3. The molecular weight excluding hydrogens is 246 g/mol. The standard InChI is InChI=1S/C13H11N3O3/c17-16(18)12-7-5-11(6-8-12)15-14-9-1-3-13-4-2-10-19-13/h1-10,15H. The monoisotopic (exact) mass is 257 g/mol. The summed E-state index contributed by atoms with van der Waals surface area (Å²) in [6.07, 6.45) is 6.63. The van der Waals surface area contributed by atoms with Gasteiger partial charge in [-0.1, -0.05) is 0 Å². The van der Waals surface area contributed by atoms with Gasteiger partial charge >= 0.3 is 0 Å². The van der Waals surface area contributed by atoms with Gasteiger partial charge in [-0.2, -0.15) is 5.10 Å². The van der Waals surface area contributed by atoms with Gasteiger partial charge < -0.3 is 4.42 Å². The second-order valence-corrected chi connectivity index (χ2v) is 3.57. The van der Waals surface area contributed by atoms with Crippen molar-refractivity contribution in [2.75, 3.05) is 5.43 Å². The maximum atomic E-state index is 10.5. The van der Waals surface area contributed by atoms with E-state index in [1.165, 1.54) is 12.1 Å². The van der Waals surface area contributed by atoms with Crippen molar-refractivity contribution in [3.8, 4) is 0 Å². The summed E-state index contributed by atoms with van der Waals surface area (Å²) in [6.45, 7) is 0. The molecule has 0 saturated heterocycles. The van der Waals surface area contributed by atoms with Gasteiger partial charge in [0.15, 0.2) is 0 Å². The summed E-state index contributed by atoms with van der Waals surface area (Å²) in [6, 6.07) is 9.63. The predicted molar refractivity (Wildman–Crippen MR) is 73.0 cm³/mol. The Morgan fingerprint density at radius 3 is 2.68 bits per heavy atom. The summed E-state index contributed by atoms with van der Waals surface area (Å²) in [5, 5.41) is 14.4. The first kappa shape index (κ1) is 12.6. The summed E-state index contributed by atoms with van der Waals surface area (Å²) in [5.74, 6) is 0.738. The van der Waals surface area contributed by atoms with Gasteiger partial charge in [0, 0.05) is 18.3 Å². The number of non-ortho nitro benzene ring substituents is 1. The molecule has 6 heteroatoms. The van der Waals surface area contributed by atoms with Gasteiger partial charge in [-0.25, -0.2) is 0 Å². The molecule has 0 bridgehead atoms. The molecule has 2 rings (SSSR count). The van der Waals surface area contributed by atoms with Gasteiger partial charge in [0.25, 0.3) is 5.69 Å². The van der Waals surface area contributed by atoms with Crippen molar-refractivity contribution in [3.63, 3.8) is 0 Å². The zero-order valence-corrected chi connectivity index (χ0v) is 9.89. The van der Waals surface area contributed by atoms with Crippen LogP contribution in [0.25, 0.3) is 6.08 Å². The van der Waals surface area contributed by atoms with Crippen LogP contribution in [0.4, 0.5) is 11.4 Å². The van der Waals surface area contributed by atoms with Crippen LogP contribution < -0.4 is 5.43 Å². The Morgan fingerprint density at radius 1 is 1.26 bits per heavy atom. The normalized spacial score (nSPS) is 11.2. The smallest absolute Gasteiger partial charge is 0.269 e. The van der Waals surface area contributed by atoms with E-state index >= 15 is 0 Å². The van der Waals surface area contributed by atoms with Crippen molar-refractivity contribution >= 4 is 23.7 Å². The first-order chi connectivity index (χ1) is 9.25. The Labute approximate surface area is 109 Å². The van der Waals surface area contributed by atoms with Gasteiger partial charge in [0.05, 0.1) is 16.9 Å². The molecule has 0 aliphatic carbocycles. The maximum absolute atomic E-state index is 10.5. The first-order valence-corrected chi connectivity index (χ1v) is 5.49. The second-order valence-electron chi connectivity index (χ2n) is 3.57. The third-order valence-electron chi connectivity index (χ3n) is 2.24. The predicted octanol–water partition coefficient (Wildman–Crippen LogP) is 3.30. The Morgan fingerprint density at radius 2 is 2.05 bits per heavy atom. The van der Waals surface area contributed by atoms with Crippen LogP contribution in [0.15, 0.2) is 58.3 Å². The van der Waals surface area contributed by atoms with Gasteiger partial charge in [-0.15, -0.1) is 0 Å². The number of nitrogens with one attached hydrogen (secondary N) is 1.